The van der Waals surface area contributed by atoms with Crippen molar-refractivity contribution in [1.82, 2.24) is 10.2 Å². The van der Waals surface area contributed by atoms with Gasteiger partial charge in [0.05, 0.1) is 5.92 Å². The minimum atomic E-state index is -1.10. The molecule has 1 saturated heterocycles. The van der Waals surface area contributed by atoms with Crippen molar-refractivity contribution in [2.75, 3.05) is 13.1 Å². The van der Waals surface area contributed by atoms with Crippen molar-refractivity contribution in [3.05, 3.63) is 0 Å². The highest BCUT2D eigenvalue weighted by molar-refractivity contribution is 5.83. The third kappa shape index (κ3) is 2.85. The standard InChI is InChI=1S/C9H15N3O4/c1-5(8(14)15)11-9(16)12-3-2-6(4-12)7(10)13/h5-6H,2-4H2,1H3,(H2,10,13)(H,11,16)(H,14,15)/t5-,6?/m0/s1. The zero-order valence-electron chi connectivity index (χ0n) is 8.97. The van der Waals surface area contributed by atoms with Crippen LogP contribution in [0, 0.1) is 5.92 Å². The minimum absolute atomic E-state index is 0.257. The molecule has 0 aliphatic carbocycles. The van der Waals surface area contributed by atoms with Crippen LogP contribution >= 0.6 is 0 Å². The Kier molecular flexibility index (Phi) is 3.70. The van der Waals surface area contributed by atoms with Gasteiger partial charge in [0, 0.05) is 13.1 Å². The molecule has 1 aliphatic rings. The molecule has 3 amide bonds. The van der Waals surface area contributed by atoms with Crippen molar-refractivity contribution in [3.63, 3.8) is 0 Å². The number of hydrogen-bond donors (Lipinski definition) is 3. The van der Waals surface area contributed by atoms with Crippen LogP contribution in [-0.2, 0) is 9.59 Å². The topological polar surface area (TPSA) is 113 Å². The third-order valence-electron chi connectivity index (χ3n) is 2.59. The van der Waals surface area contributed by atoms with Gasteiger partial charge in [0.2, 0.25) is 5.91 Å². The summed E-state index contributed by atoms with van der Waals surface area (Å²) in [6.45, 7) is 2.06. The fourth-order valence-corrected chi connectivity index (χ4v) is 1.52. The lowest BCUT2D eigenvalue weighted by atomic mass is 10.1. The Balaban J connectivity index is 2.45. The Morgan fingerprint density at radius 2 is 2.12 bits per heavy atom. The molecule has 90 valence electrons. The van der Waals surface area contributed by atoms with E-state index >= 15 is 0 Å². The number of nitrogens with zero attached hydrogens (tertiary/aromatic N) is 1. The summed E-state index contributed by atoms with van der Waals surface area (Å²) >= 11 is 0. The van der Waals surface area contributed by atoms with Crippen LogP contribution in [0.4, 0.5) is 4.79 Å². The van der Waals surface area contributed by atoms with Crippen LogP contribution in [0.5, 0.6) is 0 Å². The Labute approximate surface area is 92.6 Å². The SMILES string of the molecule is C[C@H](NC(=O)N1CCC(C(N)=O)C1)C(=O)O. The van der Waals surface area contributed by atoms with Gasteiger partial charge in [-0.2, -0.15) is 0 Å². The summed E-state index contributed by atoms with van der Waals surface area (Å²) in [6, 6.07) is -1.42. The molecule has 0 saturated carbocycles. The maximum atomic E-state index is 11.5. The predicted molar refractivity (Wildman–Crippen MR) is 54.5 cm³/mol. The molecule has 0 spiro atoms. The second-order valence-corrected chi connectivity index (χ2v) is 3.84. The van der Waals surface area contributed by atoms with E-state index in [0.717, 1.165) is 0 Å². The van der Waals surface area contributed by atoms with Gasteiger partial charge < -0.3 is 21.1 Å². The highest BCUT2D eigenvalue weighted by atomic mass is 16.4. The monoisotopic (exact) mass is 229 g/mol. The van der Waals surface area contributed by atoms with E-state index in [1.54, 1.807) is 0 Å². The van der Waals surface area contributed by atoms with Gasteiger partial charge in [-0.1, -0.05) is 0 Å². The van der Waals surface area contributed by atoms with Crippen LogP contribution in [0.1, 0.15) is 13.3 Å². The van der Waals surface area contributed by atoms with Crippen molar-refractivity contribution in [2.24, 2.45) is 11.7 Å². The smallest absolute Gasteiger partial charge is 0.325 e. The predicted octanol–water partition coefficient (Wildman–Crippen LogP) is -1.02. The van der Waals surface area contributed by atoms with Crippen LogP contribution < -0.4 is 11.1 Å². The maximum Gasteiger partial charge on any atom is 0.325 e. The quantitative estimate of drug-likeness (QED) is 0.574. The van der Waals surface area contributed by atoms with E-state index in [1.165, 1.54) is 11.8 Å². The van der Waals surface area contributed by atoms with E-state index in [1.807, 2.05) is 0 Å². The largest absolute Gasteiger partial charge is 0.480 e. The number of carbonyl (C=O) groups is 3. The van der Waals surface area contributed by atoms with Gasteiger partial charge >= 0.3 is 12.0 Å². The van der Waals surface area contributed by atoms with Crippen LogP contribution in [0.25, 0.3) is 0 Å². The fraction of sp³-hybridized carbons (Fsp3) is 0.667. The van der Waals surface area contributed by atoms with E-state index in [4.69, 9.17) is 10.8 Å². The molecule has 0 aromatic carbocycles. The summed E-state index contributed by atoms with van der Waals surface area (Å²) in [7, 11) is 0. The van der Waals surface area contributed by atoms with Crippen LogP contribution in [0.3, 0.4) is 0 Å². The molecule has 0 aromatic rings. The number of aliphatic carboxylic acids is 1. The highest BCUT2D eigenvalue weighted by Gasteiger charge is 2.30. The number of carboxylic acids is 1. The van der Waals surface area contributed by atoms with E-state index < -0.39 is 23.9 Å². The number of nitrogens with two attached hydrogens (primary N) is 1. The van der Waals surface area contributed by atoms with Crippen molar-refractivity contribution >= 4 is 17.9 Å². The lowest BCUT2D eigenvalue weighted by molar-refractivity contribution is -0.138. The number of hydrogen-bond acceptors (Lipinski definition) is 3. The van der Waals surface area contributed by atoms with Gasteiger partial charge in [-0.05, 0) is 13.3 Å². The summed E-state index contributed by atoms with van der Waals surface area (Å²) in [5.41, 5.74) is 5.12. The first kappa shape index (κ1) is 12.3. The van der Waals surface area contributed by atoms with Crippen molar-refractivity contribution in [2.45, 2.75) is 19.4 Å². The zero-order chi connectivity index (χ0) is 12.3. The van der Waals surface area contributed by atoms with Crippen LogP contribution in [-0.4, -0.2) is 47.0 Å². The maximum absolute atomic E-state index is 11.5. The molecule has 0 radical (unpaired) electrons. The average Bonchev–Trinajstić information content (AvgIpc) is 2.65. The Hall–Kier alpha value is -1.79. The molecule has 1 aliphatic heterocycles. The molecule has 0 aromatic heterocycles. The number of carboxylic acid groups (broad SMARTS) is 1. The van der Waals surface area contributed by atoms with Crippen molar-refractivity contribution < 1.29 is 19.5 Å². The number of carbonyl (C=O) groups excluding carboxylic acids is 2. The molecule has 16 heavy (non-hydrogen) atoms. The Bertz CT molecular complexity index is 318. The molecule has 1 unspecified atom stereocenters. The zero-order valence-corrected chi connectivity index (χ0v) is 8.97. The normalized spacial score (nSPS) is 21.6. The molecule has 1 fully saturated rings. The van der Waals surface area contributed by atoms with Crippen molar-refractivity contribution in [3.8, 4) is 0 Å². The van der Waals surface area contributed by atoms with Gasteiger partial charge in [0.15, 0.2) is 0 Å². The Morgan fingerprint density at radius 1 is 1.50 bits per heavy atom. The summed E-state index contributed by atoms with van der Waals surface area (Å²) < 4.78 is 0. The highest BCUT2D eigenvalue weighted by Crippen LogP contribution is 2.15. The first-order valence-corrected chi connectivity index (χ1v) is 4.99. The average molecular weight is 229 g/mol. The number of primary amides is 1. The molecule has 1 heterocycles. The minimum Gasteiger partial charge on any atom is -0.480 e. The van der Waals surface area contributed by atoms with Crippen LogP contribution in [0.2, 0.25) is 0 Å². The first-order valence-electron chi connectivity index (χ1n) is 4.99. The van der Waals surface area contributed by atoms with Gasteiger partial charge in [-0.3, -0.25) is 9.59 Å². The van der Waals surface area contributed by atoms with E-state index in [9.17, 15) is 14.4 Å². The second-order valence-electron chi connectivity index (χ2n) is 3.84. The fourth-order valence-electron chi connectivity index (χ4n) is 1.52. The number of amides is 3. The molecule has 1 rings (SSSR count). The molecular formula is C9H15N3O4. The molecule has 2 atom stereocenters. The first-order chi connectivity index (χ1) is 7.41. The van der Waals surface area contributed by atoms with E-state index in [2.05, 4.69) is 5.32 Å². The summed E-state index contributed by atoms with van der Waals surface area (Å²) in [5.74, 6) is -1.86. The molecule has 0 bridgehead atoms. The van der Waals surface area contributed by atoms with E-state index in [0.29, 0.717) is 13.0 Å². The summed E-state index contributed by atoms with van der Waals surface area (Å²) in [5, 5.41) is 10.9. The third-order valence-corrected chi connectivity index (χ3v) is 2.59. The molecular weight excluding hydrogens is 214 g/mol. The van der Waals surface area contributed by atoms with Gasteiger partial charge in [0.25, 0.3) is 0 Å². The van der Waals surface area contributed by atoms with Gasteiger partial charge in [0.1, 0.15) is 6.04 Å². The number of likely N-dealkylation sites (tertiary alicyclic amines) is 1. The Morgan fingerprint density at radius 3 is 2.56 bits per heavy atom. The van der Waals surface area contributed by atoms with Crippen LogP contribution in [0.15, 0.2) is 0 Å². The van der Waals surface area contributed by atoms with Crippen molar-refractivity contribution in [1.29, 1.82) is 0 Å². The molecule has 7 heteroatoms. The van der Waals surface area contributed by atoms with E-state index in [-0.39, 0.29) is 12.5 Å². The van der Waals surface area contributed by atoms with Gasteiger partial charge in [-0.15, -0.1) is 0 Å². The molecule has 7 nitrogen and oxygen atoms in total. The lowest BCUT2D eigenvalue weighted by Crippen LogP contribution is -2.46. The number of rotatable bonds is 3. The second kappa shape index (κ2) is 4.82. The summed E-state index contributed by atoms with van der Waals surface area (Å²) in [6.07, 6.45) is 0.532. The number of nitrogens with one attached hydrogen (secondary N) is 1. The van der Waals surface area contributed by atoms with Gasteiger partial charge in [-0.25, -0.2) is 4.79 Å². The summed E-state index contributed by atoms with van der Waals surface area (Å²) in [4.78, 5) is 34.3. The lowest BCUT2D eigenvalue weighted by Gasteiger charge is -2.18. The molecule has 4 N–H and O–H groups in total. The number of urea groups is 1.